The monoisotopic (exact) mass is 306 g/mol. The summed E-state index contributed by atoms with van der Waals surface area (Å²) >= 11 is 0. The van der Waals surface area contributed by atoms with Crippen LogP contribution in [0.2, 0.25) is 51.4 Å². The second kappa shape index (κ2) is 7.36. The van der Waals surface area contributed by atoms with Crippen molar-refractivity contribution in [1.82, 2.24) is 0 Å². The quantitative estimate of drug-likeness (QED) is 0.520. The highest BCUT2D eigenvalue weighted by Gasteiger charge is 2.44. The molecule has 3 nitrogen and oxygen atoms in total. The van der Waals surface area contributed by atoms with Crippen molar-refractivity contribution in [2.24, 2.45) is 0 Å². The van der Waals surface area contributed by atoms with Gasteiger partial charge in [-0.1, -0.05) is 39.3 Å². The van der Waals surface area contributed by atoms with Gasteiger partial charge in [0.05, 0.1) is 0 Å². The molecule has 0 aromatic carbocycles. The van der Waals surface area contributed by atoms with Gasteiger partial charge in [-0.25, -0.2) is 0 Å². The van der Waals surface area contributed by atoms with E-state index in [0.29, 0.717) is 13.2 Å². The molecule has 0 fully saturated rings. The molecule has 0 saturated carbocycles. The summed E-state index contributed by atoms with van der Waals surface area (Å²) in [6, 6.07) is 1.66. The van der Waals surface area contributed by atoms with Crippen LogP contribution in [-0.2, 0) is 9.47 Å². The molecule has 0 atom stereocenters. The lowest BCUT2D eigenvalue weighted by molar-refractivity contribution is -0.222. The Bertz CT molecular complexity index is 234. The van der Waals surface area contributed by atoms with Gasteiger partial charge in [-0.15, -0.1) is 0 Å². The highest BCUT2D eigenvalue weighted by atomic mass is 28.3. The Morgan fingerprint density at radius 1 is 0.842 bits per heavy atom. The minimum absolute atomic E-state index is 0.485. The van der Waals surface area contributed by atoms with Crippen molar-refractivity contribution in [3.63, 3.8) is 0 Å². The largest absolute Gasteiger partial charge is 0.385 e. The van der Waals surface area contributed by atoms with Crippen molar-refractivity contribution < 1.29 is 14.6 Å². The summed E-state index contributed by atoms with van der Waals surface area (Å²) in [5, 5.41) is 11.2. The van der Waals surface area contributed by atoms with Gasteiger partial charge >= 0.3 is 0 Å². The molecule has 5 heteroatoms. The molecule has 0 aromatic rings. The fourth-order valence-electron chi connectivity index (χ4n) is 2.73. The van der Waals surface area contributed by atoms with Gasteiger partial charge in [0.1, 0.15) is 5.60 Å². The van der Waals surface area contributed by atoms with Crippen molar-refractivity contribution in [1.29, 1.82) is 0 Å². The first-order valence-corrected chi connectivity index (χ1v) is 14.8. The summed E-state index contributed by atoms with van der Waals surface area (Å²) in [5.74, 6) is 0. The molecule has 116 valence electrons. The zero-order chi connectivity index (χ0) is 15.3. The van der Waals surface area contributed by atoms with Gasteiger partial charge in [0.25, 0.3) is 0 Å². The van der Waals surface area contributed by atoms with E-state index in [1.54, 1.807) is 0 Å². The molecular weight excluding hydrogens is 272 g/mol. The molecule has 0 bridgehead atoms. The van der Waals surface area contributed by atoms with Crippen LogP contribution in [0.4, 0.5) is 0 Å². The topological polar surface area (TPSA) is 38.7 Å². The first-order chi connectivity index (χ1) is 8.43. The molecule has 0 aliphatic heterocycles. The average Bonchev–Trinajstić information content (AvgIpc) is 2.11. The van der Waals surface area contributed by atoms with E-state index >= 15 is 0 Å². The third-order valence-electron chi connectivity index (χ3n) is 2.75. The van der Waals surface area contributed by atoms with Crippen LogP contribution in [0.1, 0.15) is 13.8 Å². The standard InChI is InChI=1S/C14H34O3Si2/c1-9-16-13(17-10-2)14(15,11-18(3,4)5)12-19(6,7)8/h13,15H,9-12H2,1-8H3. The van der Waals surface area contributed by atoms with Crippen LogP contribution < -0.4 is 0 Å². The zero-order valence-electron chi connectivity index (χ0n) is 14.2. The number of rotatable bonds is 9. The minimum Gasteiger partial charge on any atom is -0.385 e. The molecule has 19 heavy (non-hydrogen) atoms. The molecule has 0 rings (SSSR count). The first-order valence-electron chi connectivity index (χ1n) is 7.39. The van der Waals surface area contributed by atoms with E-state index in [1.807, 2.05) is 13.8 Å². The van der Waals surface area contributed by atoms with Crippen LogP contribution in [0.5, 0.6) is 0 Å². The number of ether oxygens (including phenoxy) is 2. The summed E-state index contributed by atoms with van der Waals surface area (Å²) in [5.41, 5.74) is -0.832. The van der Waals surface area contributed by atoms with E-state index in [9.17, 15) is 5.11 Å². The molecule has 0 aromatic heterocycles. The Balaban J connectivity index is 5.20. The lowest BCUT2D eigenvalue weighted by Crippen LogP contribution is -2.53. The molecule has 0 saturated heterocycles. The molecule has 1 N–H and O–H groups in total. The fourth-order valence-corrected chi connectivity index (χ4v) is 7.23. The summed E-state index contributed by atoms with van der Waals surface area (Å²) in [4.78, 5) is 0. The Labute approximate surface area is 121 Å². The van der Waals surface area contributed by atoms with Crippen LogP contribution in [0.15, 0.2) is 0 Å². The maximum absolute atomic E-state index is 11.2. The van der Waals surface area contributed by atoms with Crippen LogP contribution in [0, 0.1) is 0 Å². The average molecular weight is 307 g/mol. The van der Waals surface area contributed by atoms with Gasteiger partial charge in [0.2, 0.25) is 0 Å². The predicted octanol–water partition coefficient (Wildman–Crippen LogP) is 3.79. The predicted molar refractivity (Wildman–Crippen MR) is 88.3 cm³/mol. The first kappa shape index (κ1) is 19.3. The van der Waals surface area contributed by atoms with Crippen molar-refractivity contribution in [2.45, 2.75) is 77.1 Å². The van der Waals surface area contributed by atoms with Crippen molar-refractivity contribution in [3.05, 3.63) is 0 Å². The molecule has 0 radical (unpaired) electrons. The Kier molecular flexibility index (Phi) is 7.48. The van der Waals surface area contributed by atoms with Gasteiger partial charge in [-0.2, -0.15) is 0 Å². The zero-order valence-corrected chi connectivity index (χ0v) is 16.2. The van der Waals surface area contributed by atoms with E-state index in [-0.39, 0.29) is 0 Å². The molecule has 0 aliphatic rings. The number of hydrogen-bond acceptors (Lipinski definition) is 3. The van der Waals surface area contributed by atoms with Crippen LogP contribution >= 0.6 is 0 Å². The molecule has 0 spiro atoms. The number of aliphatic hydroxyl groups is 1. The third kappa shape index (κ3) is 8.24. The van der Waals surface area contributed by atoms with E-state index in [1.165, 1.54) is 0 Å². The minimum atomic E-state index is -1.40. The fraction of sp³-hybridized carbons (Fsp3) is 1.00. The SMILES string of the molecule is CCOC(OCC)C(O)(C[Si](C)(C)C)C[Si](C)(C)C. The lowest BCUT2D eigenvalue weighted by Gasteiger charge is -2.42. The summed E-state index contributed by atoms with van der Waals surface area (Å²) < 4.78 is 11.4. The Morgan fingerprint density at radius 2 is 1.16 bits per heavy atom. The number of hydrogen-bond donors (Lipinski definition) is 1. The highest BCUT2D eigenvalue weighted by molar-refractivity contribution is 6.78. The second-order valence-electron chi connectivity index (χ2n) is 7.82. The molecular formula is C14H34O3Si2. The van der Waals surface area contributed by atoms with Gasteiger partial charge in [0.15, 0.2) is 6.29 Å². The van der Waals surface area contributed by atoms with Crippen molar-refractivity contribution >= 4 is 16.1 Å². The third-order valence-corrected chi connectivity index (χ3v) is 6.09. The molecule has 0 unspecified atom stereocenters. The lowest BCUT2D eigenvalue weighted by atomic mass is 10.1. The normalized spacial score (nSPS) is 14.2. The smallest absolute Gasteiger partial charge is 0.185 e. The van der Waals surface area contributed by atoms with Crippen LogP contribution in [-0.4, -0.2) is 46.4 Å². The van der Waals surface area contributed by atoms with Crippen molar-refractivity contribution in [3.8, 4) is 0 Å². The Hall–Kier alpha value is 0.314. The summed E-state index contributed by atoms with van der Waals surface area (Å²) in [7, 11) is -2.80. The van der Waals surface area contributed by atoms with Crippen LogP contribution in [0.3, 0.4) is 0 Å². The summed E-state index contributed by atoms with van der Waals surface area (Å²) in [6.45, 7) is 18.8. The maximum Gasteiger partial charge on any atom is 0.185 e. The van der Waals surface area contributed by atoms with Gasteiger partial charge in [-0.3, -0.25) is 0 Å². The maximum atomic E-state index is 11.2. The second-order valence-corrected chi connectivity index (χ2v) is 18.8. The molecule has 0 aliphatic carbocycles. The van der Waals surface area contributed by atoms with Gasteiger partial charge in [-0.05, 0) is 25.9 Å². The van der Waals surface area contributed by atoms with E-state index in [4.69, 9.17) is 9.47 Å². The molecule has 0 heterocycles. The van der Waals surface area contributed by atoms with Gasteiger partial charge < -0.3 is 14.6 Å². The summed E-state index contributed by atoms with van der Waals surface area (Å²) in [6.07, 6.45) is -0.485. The highest BCUT2D eigenvalue weighted by Crippen LogP contribution is 2.34. The van der Waals surface area contributed by atoms with E-state index < -0.39 is 28.0 Å². The Morgan fingerprint density at radius 3 is 1.37 bits per heavy atom. The van der Waals surface area contributed by atoms with Gasteiger partial charge in [0, 0.05) is 29.4 Å². The van der Waals surface area contributed by atoms with E-state index in [2.05, 4.69) is 39.3 Å². The van der Waals surface area contributed by atoms with Crippen LogP contribution in [0.25, 0.3) is 0 Å². The van der Waals surface area contributed by atoms with Crippen molar-refractivity contribution in [2.75, 3.05) is 13.2 Å². The molecule has 0 amide bonds. The van der Waals surface area contributed by atoms with E-state index in [0.717, 1.165) is 12.1 Å².